The summed E-state index contributed by atoms with van der Waals surface area (Å²) in [6, 6.07) is 6.21. The Morgan fingerprint density at radius 2 is 2.26 bits per heavy atom. The minimum atomic E-state index is 0. The van der Waals surface area contributed by atoms with Gasteiger partial charge in [0.2, 0.25) is 0 Å². The third-order valence-corrected chi connectivity index (χ3v) is 4.14. The highest BCUT2D eigenvalue weighted by Crippen LogP contribution is 2.08. The van der Waals surface area contributed by atoms with Gasteiger partial charge in [0, 0.05) is 43.4 Å². The van der Waals surface area contributed by atoms with Crippen molar-refractivity contribution < 1.29 is 0 Å². The summed E-state index contributed by atoms with van der Waals surface area (Å²) >= 11 is 1.80. The van der Waals surface area contributed by atoms with Crippen molar-refractivity contribution in [2.75, 3.05) is 19.6 Å². The normalized spacial score (nSPS) is 12.5. The van der Waals surface area contributed by atoms with Crippen LogP contribution in [0, 0.1) is 5.92 Å². The van der Waals surface area contributed by atoms with Crippen LogP contribution < -0.4 is 10.6 Å². The molecule has 1 unspecified atom stereocenters. The van der Waals surface area contributed by atoms with Crippen molar-refractivity contribution in [2.45, 2.75) is 26.8 Å². The second-order valence-corrected chi connectivity index (χ2v) is 6.34. The van der Waals surface area contributed by atoms with Gasteiger partial charge in [-0.05, 0) is 36.8 Å². The molecule has 2 N–H and O–H groups in total. The SMILES string of the molecule is CCNC(=NCC(C)Cn1cccn1)NCCc1cccs1.I. The first-order valence-corrected chi connectivity index (χ1v) is 8.68. The molecule has 0 bridgehead atoms. The average Bonchev–Trinajstić information content (AvgIpc) is 3.18. The van der Waals surface area contributed by atoms with Gasteiger partial charge in [0.05, 0.1) is 0 Å². The van der Waals surface area contributed by atoms with Gasteiger partial charge in [-0.1, -0.05) is 13.0 Å². The monoisotopic (exact) mass is 447 g/mol. The van der Waals surface area contributed by atoms with Crippen LogP contribution in [0.25, 0.3) is 0 Å². The van der Waals surface area contributed by atoms with E-state index in [1.807, 2.05) is 23.1 Å². The summed E-state index contributed by atoms with van der Waals surface area (Å²) in [6.45, 7) is 7.74. The second kappa shape index (κ2) is 11.4. The fraction of sp³-hybridized carbons (Fsp3) is 0.500. The van der Waals surface area contributed by atoms with Gasteiger partial charge in [-0.25, -0.2) is 0 Å². The first-order chi connectivity index (χ1) is 10.8. The van der Waals surface area contributed by atoms with Crippen LogP contribution in [0.1, 0.15) is 18.7 Å². The molecule has 1 atom stereocenters. The van der Waals surface area contributed by atoms with Crippen LogP contribution in [-0.2, 0) is 13.0 Å². The standard InChI is InChI=1S/C16H25N5S.HI/c1-3-17-16(18-9-7-15-6-4-11-22-15)19-12-14(2)13-21-10-5-8-20-21;/h4-6,8,10-11,14H,3,7,9,12-13H2,1-2H3,(H2,17,18,19);1H. The van der Waals surface area contributed by atoms with Crippen LogP contribution in [0.5, 0.6) is 0 Å². The van der Waals surface area contributed by atoms with Crippen molar-refractivity contribution in [3.8, 4) is 0 Å². The predicted octanol–water partition coefficient (Wildman–Crippen LogP) is 3.00. The molecule has 23 heavy (non-hydrogen) atoms. The summed E-state index contributed by atoms with van der Waals surface area (Å²) in [4.78, 5) is 6.07. The van der Waals surface area contributed by atoms with E-state index in [0.29, 0.717) is 5.92 Å². The first kappa shape index (κ1) is 20.0. The molecule has 2 rings (SSSR count). The number of guanidine groups is 1. The number of thiophene rings is 1. The molecule has 0 aliphatic heterocycles. The summed E-state index contributed by atoms with van der Waals surface area (Å²) in [5.41, 5.74) is 0. The van der Waals surface area contributed by atoms with Crippen LogP contribution >= 0.6 is 35.3 Å². The largest absolute Gasteiger partial charge is 0.357 e. The number of nitrogens with one attached hydrogen (secondary N) is 2. The molecule has 0 saturated carbocycles. The van der Waals surface area contributed by atoms with E-state index in [-0.39, 0.29) is 24.0 Å². The van der Waals surface area contributed by atoms with Gasteiger partial charge in [0.25, 0.3) is 0 Å². The highest BCUT2D eigenvalue weighted by atomic mass is 127. The zero-order valence-electron chi connectivity index (χ0n) is 13.7. The molecule has 0 amide bonds. The van der Waals surface area contributed by atoms with Crippen molar-refractivity contribution in [1.29, 1.82) is 0 Å². The molecule has 0 saturated heterocycles. The molecule has 5 nitrogen and oxygen atoms in total. The maximum absolute atomic E-state index is 4.67. The average molecular weight is 447 g/mol. The fourth-order valence-electron chi connectivity index (χ4n) is 2.13. The van der Waals surface area contributed by atoms with E-state index < -0.39 is 0 Å². The van der Waals surface area contributed by atoms with E-state index in [4.69, 9.17) is 0 Å². The lowest BCUT2D eigenvalue weighted by Gasteiger charge is -2.13. The van der Waals surface area contributed by atoms with Crippen LogP contribution in [0.2, 0.25) is 0 Å². The van der Waals surface area contributed by atoms with Crippen LogP contribution in [0.4, 0.5) is 0 Å². The topological polar surface area (TPSA) is 54.2 Å². The van der Waals surface area contributed by atoms with E-state index in [1.165, 1.54) is 4.88 Å². The summed E-state index contributed by atoms with van der Waals surface area (Å²) in [5, 5.41) is 13.0. The molecule has 2 aromatic rings. The number of hydrogen-bond acceptors (Lipinski definition) is 3. The molecule has 0 fully saturated rings. The minimum absolute atomic E-state index is 0. The van der Waals surface area contributed by atoms with Crippen LogP contribution in [-0.4, -0.2) is 35.4 Å². The zero-order valence-corrected chi connectivity index (χ0v) is 16.9. The molecule has 0 aliphatic carbocycles. The molecular weight excluding hydrogens is 421 g/mol. The van der Waals surface area contributed by atoms with Crippen molar-refractivity contribution >= 4 is 41.3 Å². The molecule has 0 aliphatic rings. The lowest BCUT2D eigenvalue weighted by molar-refractivity contribution is 0.458. The Hall–Kier alpha value is -1.09. The van der Waals surface area contributed by atoms with Crippen molar-refractivity contribution in [2.24, 2.45) is 10.9 Å². The van der Waals surface area contributed by atoms with Crippen molar-refractivity contribution in [3.05, 3.63) is 40.8 Å². The number of halogens is 1. The predicted molar refractivity (Wildman–Crippen MR) is 109 cm³/mol. The molecule has 0 spiro atoms. The molecule has 2 heterocycles. The number of rotatable bonds is 8. The molecule has 0 radical (unpaired) electrons. The van der Waals surface area contributed by atoms with Gasteiger partial charge < -0.3 is 10.6 Å². The Morgan fingerprint density at radius 1 is 1.39 bits per heavy atom. The summed E-state index contributed by atoms with van der Waals surface area (Å²) < 4.78 is 1.96. The highest BCUT2D eigenvalue weighted by molar-refractivity contribution is 14.0. The molecule has 128 valence electrons. The van der Waals surface area contributed by atoms with Gasteiger partial charge in [-0.2, -0.15) is 5.10 Å². The minimum Gasteiger partial charge on any atom is -0.357 e. The number of aromatic nitrogens is 2. The number of aliphatic imine (C=N–C) groups is 1. The highest BCUT2D eigenvalue weighted by Gasteiger charge is 2.04. The summed E-state index contributed by atoms with van der Waals surface area (Å²) in [6.07, 6.45) is 4.84. The fourth-order valence-corrected chi connectivity index (χ4v) is 2.84. The first-order valence-electron chi connectivity index (χ1n) is 7.80. The Morgan fingerprint density at radius 3 is 2.91 bits per heavy atom. The lowest BCUT2D eigenvalue weighted by atomic mass is 10.2. The van der Waals surface area contributed by atoms with E-state index in [2.05, 4.69) is 52.1 Å². The second-order valence-electron chi connectivity index (χ2n) is 5.31. The third-order valence-electron chi connectivity index (χ3n) is 3.21. The van der Waals surface area contributed by atoms with Crippen LogP contribution in [0.3, 0.4) is 0 Å². The Kier molecular flexibility index (Phi) is 9.93. The summed E-state index contributed by atoms with van der Waals surface area (Å²) in [7, 11) is 0. The van der Waals surface area contributed by atoms with Gasteiger partial charge in [-0.15, -0.1) is 35.3 Å². The number of nitrogens with zero attached hydrogens (tertiary/aromatic N) is 3. The third kappa shape index (κ3) is 7.83. The maximum atomic E-state index is 4.67. The quantitative estimate of drug-likeness (QED) is 0.372. The van der Waals surface area contributed by atoms with Gasteiger partial charge >= 0.3 is 0 Å². The number of hydrogen-bond donors (Lipinski definition) is 2. The molecule has 7 heteroatoms. The lowest BCUT2D eigenvalue weighted by Crippen LogP contribution is -2.38. The Balaban J connectivity index is 0.00000264. The van der Waals surface area contributed by atoms with Gasteiger partial charge in [-0.3, -0.25) is 9.67 Å². The van der Waals surface area contributed by atoms with E-state index >= 15 is 0 Å². The Labute approximate surface area is 159 Å². The Bertz CT molecular complexity index is 539. The van der Waals surface area contributed by atoms with E-state index in [0.717, 1.165) is 38.6 Å². The molecular formula is C16H26IN5S. The van der Waals surface area contributed by atoms with E-state index in [1.54, 1.807) is 11.3 Å². The van der Waals surface area contributed by atoms with Crippen LogP contribution in [0.15, 0.2) is 41.0 Å². The zero-order chi connectivity index (χ0) is 15.6. The smallest absolute Gasteiger partial charge is 0.191 e. The van der Waals surface area contributed by atoms with Crippen molar-refractivity contribution in [1.82, 2.24) is 20.4 Å². The van der Waals surface area contributed by atoms with E-state index in [9.17, 15) is 0 Å². The van der Waals surface area contributed by atoms with Crippen molar-refractivity contribution in [3.63, 3.8) is 0 Å². The maximum Gasteiger partial charge on any atom is 0.191 e. The van der Waals surface area contributed by atoms with Gasteiger partial charge in [0.1, 0.15) is 0 Å². The summed E-state index contributed by atoms with van der Waals surface area (Å²) in [5.74, 6) is 1.35. The molecule has 2 aromatic heterocycles. The van der Waals surface area contributed by atoms with Gasteiger partial charge in [0.15, 0.2) is 5.96 Å². The molecule has 0 aromatic carbocycles.